The van der Waals surface area contributed by atoms with Gasteiger partial charge < -0.3 is 10.6 Å². The van der Waals surface area contributed by atoms with E-state index in [1.165, 1.54) is 5.69 Å². The Morgan fingerprint density at radius 2 is 1.33 bits per heavy atom. The van der Waals surface area contributed by atoms with Gasteiger partial charge in [-0.3, -0.25) is 0 Å². The van der Waals surface area contributed by atoms with Crippen LogP contribution in [-0.4, -0.2) is 19.0 Å². The fraction of sp³-hybridized carbons (Fsp3) is 0.133. The van der Waals surface area contributed by atoms with Crippen molar-refractivity contribution in [1.82, 2.24) is 0 Å². The molecule has 2 aromatic rings. The van der Waals surface area contributed by atoms with Gasteiger partial charge in [0.05, 0.1) is 4.86 Å². The first-order chi connectivity index (χ1) is 8.58. The molecule has 0 amide bonds. The number of rotatable bonds is 3. The van der Waals surface area contributed by atoms with Crippen LogP contribution in [0.15, 0.2) is 48.5 Å². The highest BCUT2D eigenvalue weighted by atomic mass is 32.1. The number of hydrogen-bond acceptors (Lipinski definition) is 3. The first kappa shape index (κ1) is 12.6. The summed E-state index contributed by atoms with van der Waals surface area (Å²) in [7, 11) is 4.04. The molecule has 2 nitrogen and oxygen atoms in total. The Kier molecular flexibility index (Phi) is 3.63. The van der Waals surface area contributed by atoms with E-state index in [1.807, 2.05) is 50.5 Å². The Morgan fingerprint density at radius 3 is 1.78 bits per heavy atom. The predicted molar refractivity (Wildman–Crippen MR) is 82.4 cm³/mol. The van der Waals surface area contributed by atoms with Crippen molar-refractivity contribution in [3.63, 3.8) is 0 Å². The Balaban J connectivity index is 2.26. The molecule has 0 saturated heterocycles. The molecule has 0 saturated carbocycles. The van der Waals surface area contributed by atoms with E-state index >= 15 is 0 Å². The molecule has 0 aliphatic rings. The van der Waals surface area contributed by atoms with Gasteiger partial charge in [0.25, 0.3) is 0 Å². The van der Waals surface area contributed by atoms with Crippen molar-refractivity contribution in [1.29, 1.82) is 0 Å². The third kappa shape index (κ3) is 2.68. The minimum Gasteiger partial charge on any atom is -0.399 e. The summed E-state index contributed by atoms with van der Waals surface area (Å²) in [5, 5.41) is 0. The Hall–Kier alpha value is -1.87. The van der Waals surface area contributed by atoms with Gasteiger partial charge >= 0.3 is 0 Å². The van der Waals surface area contributed by atoms with Crippen LogP contribution in [0.2, 0.25) is 0 Å². The first-order valence-electron chi connectivity index (χ1n) is 5.75. The molecule has 0 aliphatic heterocycles. The van der Waals surface area contributed by atoms with E-state index in [4.69, 9.17) is 18.0 Å². The molecule has 0 atom stereocenters. The van der Waals surface area contributed by atoms with Gasteiger partial charge in [-0.15, -0.1) is 0 Å². The van der Waals surface area contributed by atoms with Crippen LogP contribution in [0, 0.1) is 0 Å². The van der Waals surface area contributed by atoms with Gasteiger partial charge in [-0.1, -0.05) is 36.5 Å². The molecule has 92 valence electrons. The summed E-state index contributed by atoms with van der Waals surface area (Å²) in [6.45, 7) is 0. The van der Waals surface area contributed by atoms with E-state index in [0.717, 1.165) is 21.7 Å². The van der Waals surface area contributed by atoms with Gasteiger partial charge in [0.1, 0.15) is 0 Å². The van der Waals surface area contributed by atoms with Gasteiger partial charge in [-0.25, -0.2) is 0 Å². The van der Waals surface area contributed by atoms with E-state index in [-0.39, 0.29) is 0 Å². The van der Waals surface area contributed by atoms with Crippen LogP contribution in [0.5, 0.6) is 0 Å². The fourth-order valence-corrected chi connectivity index (χ4v) is 1.98. The molecular weight excluding hydrogens is 240 g/mol. The van der Waals surface area contributed by atoms with Crippen molar-refractivity contribution in [2.45, 2.75) is 0 Å². The molecule has 0 radical (unpaired) electrons. The highest BCUT2D eigenvalue weighted by Crippen LogP contribution is 2.17. The summed E-state index contributed by atoms with van der Waals surface area (Å²) < 4.78 is 0. The van der Waals surface area contributed by atoms with Crippen molar-refractivity contribution >= 4 is 28.5 Å². The minimum absolute atomic E-state index is 0.754. The van der Waals surface area contributed by atoms with Crippen molar-refractivity contribution in [2.75, 3.05) is 24.7 Å². The maximum atomic E-state index is 5.67. The molecule has 3 heteroatoms. The van der Waals surface area contributed by atoms with Gasteiger partial charge in [-0.05, 0) is 35.4 Å². The number of benzene rings is 2. The number of anilines is 2. The highest BCUT2D eigenvalue weighted by molar-refractivity contribution is 7.81. The monoisotopic (exact) mass is 256 g/mol. The summed E-state index contributed by atoms with van der Waals surface area (Å²) >= 11 is 5.48. The summed E-state index contributed by atoms with van der Waals surface area (Å²) in [5.74, 6) is 0. The topological polar surface area (TPSA) is 29.3 Å². The van der Waals surface area contributed by atoms with Crippen molar-refractivity contribution in [3.8, 4) is 0 Å². The Bertz CT molecular complexity index is 542. The van der Waals surface area contributed by atoms with Crippen LogP contribution in [0.25, 0.3) is 0 Å². The lowest BCUT2D eigenvalue weighted by Crippen LogP contribution is -2.08. The van der Waals surface area contributed by atoms with Crippen LogP contribution >= 0.6 is 12.2 Å². The zero-order valence-corrected chi connectivity index (χ0v) is 11.4. The number of nitrogens with two attached hydrogens (primary N) is 1. The quantitative estimate of drug-likeness (QED) is 0.520. The average Bonchev–Trinajstić information content (AvgIpc) is 2.39. The van der Waals surface area contributed by atoms with Crippen molar-refractivity contribution < 1.29 is 0 Å². The molecule has 0 fully saturated rings. The lowest BCUT2D eigenvalue weighted by atomic mass is 10.0. The number of thiocarbonyl (C=S) groups is 1. The van der Waals surface area contributed by atoms with Gasteiger partial charge in [0.2, 0.25) is 0 Å². The summed E-state index contributed by atoms with van der Waals surface area (Å²) in [6, 6.07) is 15.9. The van der Waals surface area contributed by atoms with Crippen LogP contribution in [-0.2, 0) is 0 Å². The van der Waals surface area contributed by atoms with Gasteiger partial charge in [0, 0.05) is 25.5 Å². The summed E-state index contributed by atoms with van der Waals surface area (Å²) in [4.78, 5) is 2.91. The maximum Gasteiger partial charge on any atom is 0.0521 e. The van der Waals surface area contributed by atoms with Gasteiger partial charge in [-0.2, -0.15) is 0 Å². The van der Waals surface area contributed by atoms with E-state index < -0.39 is 0 Å². The van der Waals surface area contributed by atoms with Gasteiger partial charge in [0.15, 0.2) is 0 Å². The second kappa shape index (κ2) is 5.19. The van der Waals surface area contributed by atoms with Crippen LogP contribution < -0.4 is 10.6 Å². The second-order valence-corrected chi connectivity index (χ2v) is 4.80. The first-order valence-corrected chi connectivity index (χ1v) is 6.16. The number of hydrogen-bond donors (Lipinski definition) is 1. The predicted octanol–water partition coefficient (Wildman–Crippen LogP) is 3.10. The van der Waals surface area contributed by atoms with Crippen molar-refractivity contribution in [2.24, 2.45) is 0 Å². The van der Waals surface area contributed by atoms with E-state index in [1.54, 1.807) is 0 Å². The highest BCUT2D eigenvalue weighted by Gasteiger charge is 2.04. The zero-order chi connectivity index (χ0) is 13.1. The minimum atomic E-state index is 0.754. The fourth-order valence-electron chi connectivity index (χ4n) is 1.71. The molecule has 2 aromatic carbocycles. The van der Waals surface area contributed by atoms with Crippen LogP contribution in [0.1, 0.15) is 11.1 Å². The third-order valence-electron chi connectivity index (χ3n) is 2.82. The largest absolute Gasteiger partial charge is 0.399 e. The Morgan fingerprint density at radius 1 is 0.889 bits per heavy atom. The number of nitrogens with zero attached hydrogens (tertiary/aromatic N) is 1. The SMILES string of the molecule is CN(C)c1ccc(C(=S)c2ccc(N)cc2)cc1. The molecule has 0 bridgehead atoms. The average molecular weight is 256 g/mol. The summed E-state index contributed by atoms with van der Waals surface area (Å²) in [6.07, 6.45) is 0. The number of nitrogen functional groups attached to an aromatic ring is 1. The summed E-state index contributed by atoms with van der Waals surface area (Å²) in [5.41, 5.74) is 9.67. The smallest absolute Gasteiger partial charge is 0.0521 e. The molecule has 0 aliphatic carbocycles. The standard InChI is InChI=1S/C15H16N2S/c1-17(2)14-9-5-12(6-10-14)15(18)11-3-7-13(16)8-4-11/h3-10H,16H2,1-2H3. The second-order valence-electron chi connectivity index (χ2n) is 4.39. The van der Waals surface area contributed by atoms with E-state index in [2.05, 4.69) is 17.0 Å². The molecule has 0 spiro atoms. The van der Waals surface area contributed by atoms with Crippen molar-refractivity contribution in [3.05, 3.63) is 59.7 Å². The third-order valence-corrected chi connectivity index (χ3v) is 3.29. The maximum absolute atomic E-state index is 5.67. The normalized spacial score (nSPS) is 10.1. The Labute approximate surface area is 113 Å². The van der Waals surface area contributed by atoms with Crippen LogP contribution in [0.3, 0.4) is 0 Å². The van der Waals surface area contributed by atoms with E-state index in [9.17, 15) is 0 Å². The lowest BCUT2D eigenvalue weighted by Gasteiger charge is -2.13. The molecular formula is C15H16N2S. The van der Waals surface area contributed by atoms with Crippen LogP contribution in [0.4, 0.5) is 11.4 Å². The molecule has 0 aromatic heterocycles. The zero-order valence-electron chi connectivity index (χ0n) is 10.6. The molecule has 2 N–H and O–H groups in total. The molecule has 18 heavy (non-hydrogen) atoms. The lowest BCUT2D eigenvalue weighted by molar-refractivity contribution is 1.13. The molecule has 0 heterocycles. The molecule has 2 rings (SSSR count). The molecule has 0 unspecified atom stereocenters. The van der Waals surface area contributed by atoms with E-state index in [0.29, 0.717) is 0 Å².